The summed E-state index contributed by atoms with van der Waals surface area (Å²) in [6, 6.07) is 4.21. The Hall–Kier alpha value is -3.40. The van der Waals surface area contributed by atoms with Gasteiger partial charge in [-0.25, -0.2) is 18.5 Å². The Balaban J connectivity index is 1.61. The van der Waals surface area contributed by atoms with E-state index in [0.29, 0.717) is 5.69 Å². The molecule has 0 aliphatic carbocycles. The van der Waals surface area contributed by atoms with Crippen LogP contribution in [0.2, 0.25) is 5.02 Å². The van der Waals surface area contributed by atoms with Gasteiger partial charge in [0.05, 0.1) is 23.1 Å². The Morgan fingerprint density at radius 1 is 1.36 bits per heavy atom. The molecule has 3 rings (SSSR count). The molecule has 2 aromatic heterocycles. The number of hydrogen-bond acceptors (Lipinski definition) is 5. The summed E-state index contributed by atoms with van der Waals surface area (Å²) in [5, 5.41) is 19.8. The molecule has 0 saturated carbocycles. The minimum atomic E-state index is -1.18. The number of anilines is 1. The fraction of sp³-hybridized carbons (Fsp3) is 0.176. The smallest absolute Gasteiger partial charge is 0.354 e. The van der Waals surface area contributed by atoms with E-state index in [4.69, 9.17) is 21.4 Å². The number of nitrogens with one attached hydrogen (secondary N) is 1. The zero-order chi connectivity index (χ0) is 20.3. The van der Waals surface area contributed by atoms with E-state index in [1.54, 1.807) is 0 Å². The second-order valence-corrected chi connectivity index (χ2v) is 6.16. The van der Waals surface area contributed by atoms with Gasteiger partial charge in [-0.3, -0.25) is 4.79 Å². The van der Waals surface area contributed by atoms with E-state index in [-0.39, 0.29) is 23.2 Å². The van der Waals surface area contributed by atoms with Gasteiger partial charge in [-0.2, -0.15) is 10.2 Å². The molecule has 1 unspecified atom stereocenters. The van der Waals surface area contributed by atoms with Crippen molar-refractivity contribution in [1.29, 1.82) is 0 Å². The van der Waals surface area contributed by atoms with Crippen molar-refractivity contribution in [2.45, 2.75) is 19.7 Å². The maximum absolute atomic E-state index is 13.0. The third-order valence-electron chi connectivity index (χ3n) is 3.78. The second kappa shape index (κ2) is 8.09. The highest BCUT2D eigenvalue weighted by Gasteiger charge is 2.21. The van der Waals surface area contributed by atoms with Crippen LogP contribution in [0.3, 0.4) is 0 Å². The van der Waals surface area contributed by atoms with Crippen LogP contribution in [-0.4, -0.2) is 36.5 Å². The number of amides is 1. The topological polar surface area (TPSA) is 111 Å². The zero-order valence-electron chi connectivity index (χ0n) is 14.5. The summed E-state index contributed by atoms with van der Waals surface area (Å²) in [6.45, 7) is 1.51. The third kappa shape index (κ3) is 4.29. The summed E-state index contributed by atoms with van der Waals surface area (Å²) in [5.41, 5.74) is 0.289. The predicted octanol–water partition coefficient (Wildman–Crippen LogP) is 2.81. The molecule has 0 spiro atoms. The first-order valence-electron chi connectivity index (χ1n) is 8.03. The van der Waals surface area contributed by atoms with E-state index in [0.717, 1.165) is 10.7 Å². The number of aromatic nitrogens is 4. The Labute approximate surface area is 163 Å². The van der Waals surface area contributed by atoms with Crippen LogP contribution < -0.4 is 10.1 Å². The largest absolute Gasteiger partial charge is 0.477 e. The SMILES string of the molecule is CC(C(=O)Nc1cnn(COc2ccc(F)cc2Cl)c1)n1nccc1C(=O)O. The van der Waals surface area contributed by atoms with Crippen molar-refractivity contribution in [2.24, 2.45) is 0 Å². The summed E-state index contributed by atoms with van der Waals surface area (Å²) in [7, 11) is 0. The van der Waals surface area contributed by atoms with E-state index < -0.39 is 23.7 Å². The van der Waals surface area contributed by atoms with Gasteiger partial charge in [0.25, 0.3) is 0 Å². The van der Waals surface area contributed by atoms with Gasteiger partial charge in [-0.05, 0) is 31.2 Å². The van der Waals surface area contributed by atoms with Crippen LogP contribution in [0.15, 0.2) is 42.9 Å². The molecule has 0 aliphatic rings. The van der Waals surface area contributed by atoms with Gasteiger partial charge < -0.3 is 15.2 Å². The molecule has 1 aromatic carbocycles. The van der Waals surface area contributed by atoms with E-state index >= 15 is 0 Å². The van der Waals surface area contributed by atoms with Crippen molar-refractivity contribution in [3.8, 4) is 5.75 Å². The fourth-order valence-corrected chi connectivity index (χ4v) is 2.60. The van der Waals surface area contributed by atoms with E-state index in [1.165, 1.54) is 48.4 Å². The van der Waals surface area contributed by atoms with Crippen molar-refractivity contribution < 1.29 is 23.8 Å². The molecule has 0 radical (unpaired) electrons. The summed E-state index contributed by atoms with van der Waals surface area (Å²) in [6.07, 6.45) is 4.23. The highest BCUT2D eigenvalue weighted by atomic mass is 35.5. The lowest BCUT2D eigenvalue weighted by molar-refractivity contribution is -0.119. The normalized spacial score (nSPS) is 11.8. The minimum absolute atomic E-state index is 0.0148. The van der Waals surface area contributed by atoms with Gasteiger partial charge in [0.1, 0.15) is 23.3 Å². The number of rotatable bonds is 7. The van der Waals surface area contributed by atoms with Crippen molar-refractivity contribution in [1.82, 2.24) is 19.6 Å². The molecule has 9 nitrogen and oxygen atoms in total. The van der Waals surface area contributed by atoms with E-state index in [1.807, 2.05) is 0 Å². The van der Waals surface area contributed by atoms with Crippen LogP contribution in [0.5, 0.6) is 5.75 Å². The molecule has 0 fully saturated rings. The number of carboxylic acid groups (broad SMARTS) is 1. The van der Waals surface area contributed by atoms with Crippen LogP contribution in [0.4, 0.5) is 10.1 Å². The molecule has 2 heterocycles. The number of halogens is 2. The molecule has 1 atom stereocenters. The van der Waals surface area contributed by atoms with Crippen LogP contribution in [-0.2, 0) is 11.5 Å². The van der Waals surface area contributed by atoms with Gasteiger partial charge in [-0.15, -0.1) is 0 Å². The standard InChI is InChI=1S/C17H15ClFN5O4/c1-10(24-14(17(26)27)4-5-20-24)16(25)22-12-7-21-23(8-12)9-28-15-3-2-11(19)6-13(15)18/h2-8,10H,9H2,1H3,(H,22,25)(H,26,27). The van der Waals surface area contributed by atoms with Gasteiger partial charge in [0, 0.05) is 6.20 Å². The van der Waals surface area contributed by atoms with Crippen LogP contribution in [0, 0.1) is 5.82 Å². The van der Waals surface area contributed by atoms with Gasteiger partial charge in [-0.1, -0.05) is 11.6 Å². The molecule has 1 amide bonds. The number of ether oxygens (including phenoxy) is 1. The lowest BCUT2D eigenvalue weighted by Crippen LogP contribution is -2.26. The van der Waals surface area contributed by atoms with Gasteiger partial charge >= 0.3 is 5.97 Å². The molecule has 146 valence electrons. The quantitative estimate of drug-likeness (QED) is 0.623. The Morgan fingerprint density at radius 3 is 2.86 bits per heavy atom. The molecule has 0 aliphatic heterocycles. The number of hydrogen-bond donors (Lipinski definition) is 2. The fourth-order valence-electron chi connectivity index (χ4n) is 2.38. The molecule has 2 N–H and O–H groups in total. The second-order valence-electron chi connectivity index (χ2n) is 5.75. The summed E-state index contributed by atoms with van der Waals surface area (Å²) < 4.78 is 21.0. The maximum atomic E-state index is 13.0. The first-order valence-corrected chi connectivity index (χ1v) is 8.41. The molecular weight excluding hydrogens is 393 g/mol. The summed E-state index contributed by atoms with van der Waals surface area (Å²) in [5.74, 6) is -1.83. The van der Waals surface area contributed by atoms with Crippen molar-refractivity contribution in [3.05, 3.63) is 59.4 Å². The Morgan fingerprint density at radius 2 is 2.14 bits per heavy atom. The number of carbonyl (C=O) groups is 2. The Kier molecular flexibility index (Phi) is 5.59. The summed E-state index contributed by atoms with van der Waals surface area (Å²) in [4.78, 5) is 23.5. The van der Waals surface area contributed by atoms with Crippen LogP contribution in [0.1, 0.15) is 23.5 Å². The van der Waals surface area contributed by atoms with Crippen LogP contribution in [0.25, 0.3) is 0 Å². The highest BCUT2D eigenvalue weighted by Crippen LogP contribution is 2.25. The van der Waals surface area contributed by atoms with Crippen LogP contribution >= 0.6 is 11.6 Å². The Bertz CT molecular complexity index is 1020. The van der Waals surface area contributed by atoms with Gasteiger partial charge in [0.2, 0.25) is 5.91 Å². The molecular formula is C17H15ClFN5O4. The van der Waals surface area contributed by atoms with Gasteiger partial charge in [0.15, 0.2) is 6.73 Å². The van der Waals surface area contributed by atoms with Crippen molar-refractivity contribution in [3.63, 3.8) is 0 Å². The molecule has 0 bridgehead atoms. The zero-order valence-corrected chi connectivity index (χ0v) is 15.3. The number of benzene rings is 1. The number of carbonyl (C=O) groups excluding carboxylic acids is 1. The lowest BCUT2D eigenvalue weighted by Gasteiger charge is -2.13. The predicted molar refractivity (Wildman–Crippen MR) is 96.8 cm³/mol. The maximum Gasteiger partial charge on any atom is 0.354 e. The highest BCUT2D eigenvalue weighted by molar-refractivity contribution is 6.32. The molecule has 3 aromatic rings. The first kappa shape index (κ1) is 19.4. The van der Waals surface area contributed by atoms with Crippen molar-refractivity contribution >= 4 is 29.2 Å². The molecule has 28 heavy (non-hydrogen) atoms. The molecule has 11 heteroatoms. The number of nitrogens with zero attached hydrogens (tertiary/aromatic N) is 4. The minimum Gasteiger partial charge on any atom is -0.477 e. The third-order valence-corrected chi connectivity index (χ3v) is 4.08. The first-order chi connectivity index (χ1) is 13.3. The average molecular weight is 408 g/mol. The summed E-state index contributed by atoms with van der Waals surface area (Å²) >= 11 is 5.89. The van der Waals surface area contributed by atoms with E-state index in [2.05, 4.69) is 15.5 Å². The average Bonchev–Trinajstić information content (AvgIpc) is 3.29. The van der Waals surface area contributed by atoms with E-state index in [9.17, 15) is 14.0 Å². The number of aromatic carboxylic acids is 1. The number of carboxylic acids is 1. The van der Waals surface area contributed by atoms with Crippen molar-refractivity contribution in [2.75, 3.05) is 5.32 Å². The lowest BCUT2D eigenvalue weighted by atomic mass is 10.3. The monoisotopic (exact) mass is 407 g/mol. The molecule has 0 saturated heterocycles.